The van der Waals surface area contributed by atoms with Crippen LogP contribution in [-0.4, -0.2) is 9.13 Å². The molecule has 0 spiro atoms. The van der Waals surface area contributed by atoms with Crippen LogP contribution in [0.3, 0.4) is 0 Å². The summed E-state index contributed by atoms with van der Waals surface area (Å²) in [6, 6.07) is 53.1. The van der Waals surface area contributed by atoms with Crippen molar-refractivity contribution in [2.24, 2.45) is 0 Å². The minimum Gasteiger partial charge on any atom is -0.307 e. The van der Waals surface area contributed by atoms with Gasteiger partial charge < -0.3 is 9.13 Å². The van der Waals surface area contributed by atoms with Crippen molar-refractivity contribution in [2.75, 3.05) is 0 Å². The van der Waals surface area contributed by atoms with Crippen molar-refractivity contribution < 1.29 is 0 Å². The van der Waals surface area contributed by atoms with Crippen LogP contribution in [0.25, 0.3) is 86.3 Å². The number of para-hydroxylation sites is 4. The van der Waals surface area contributed by atoms with Gasteiger partial charge in [-0.3, -0.25) is 0 Å². The van der Waals surface area contributed by atoms with Gasteiger partial charge in [0.25, 0.3) is 0 Å². The van der Waals surface area contributed by atoms with Gasteiger partial charge in [0, 0.05) is 52.8 Å². The molecule has 0 bridgehead atoms. The molecular weight excluding hydrogens is 669 g/mol. The summed E-state index contributed by atoms with van der Waals surface area (Å²) in [6.45, 7) is 0. The van der Waals surface area contributed by atoms with Gasteiger partial charge in [-0.25, -0.2) is 0 Å². The third kappa shape index (κ3) is 4.09. The lowest BCUT2D eigenvalue weighted by Gasteiger charge is -2.19. The van der Waals surface area contributed by atoms with Gasteiger partial charge in [-0.1, -0.05) is 84.9 Å². The lowest BCUT2D eigenvalue weighted by molar-refractivity contribution is 1.14. The summed E-state index contributed by atoms with van der Waals surface area (Å²) in [7, 11) is 0. The van der Waals surface area contributed by atoms with Crippen LogP contribution >= 0.6 is 11.3 Å². The fourth-order valence-corrected chi connectivity index (χ4v) is 9.31. The van der Waals surface area contributed by atoms with Gasteiger partial charge in [0.2, 0.25) is 0 Å². The van der Waals surface area contributed by atoms with E-state index in [1.54, 1.807) is 29.5 Å². The first-order valence-corrected chi connectivity index (χ1v) is 17.8. The summed E-state index contributed by atoms with van der Waals surface area (Å²) in [5.41, 5.74) is 6.22. The Morgan fingerprint density at radius 3 is 1.64 bits per heavy atom. The second-order valence-electron chi connectivity index (χ2n) is 12.9. The molecular formula is C46H22N6S. The summed E-state index contributed by atoms with van der Waals surface area (Å²) in [4.78, 5) is 0. The molecule has 0 N–H and O–H groups in total. The molecule has 242 valence electrons. The molecule has 0 saturated heterocycles. The van der Waals surface area contributed by atoms with Crippen molar-refractivity contribution >= 4 is 75.1 Å². The molecule has 0 saturated carbocycles. The second kappa shape index (κ2) is 11.4. The van der Waals surface area contributed by atoms with E-state index in [9.17, 15) is 21.0 Å². The molecule has 0 aliphatic rings. The standard InChI is InChI=1S/C46H22N6S/c47-23-27-10-9-15-31(45(27)52-39-18-7-3-13-32(39)43-40(52)20-21-42-44(43)33-14-4-8-19-41(33)53-42)34-22-28(24-48)46(36(26-50)35(34)25-49)51-37-16-5-1-11-29(37)30-12-2-6-17-38(30)51/h1-22H. The Bertz CT molecular complexity index is 3350. The van der Waals surface area contributed by atoms with E-state index < -0.39 is 0 Å². The Morgan fingerprint density at radius 1 is 0.396 bits per heavy atom. The van der Waals surface area contributed by atoms with Crippen molar-refractivity contribution in [1.29, 1.82) is 21.0 Å². The Kier molecular flexibility index (Phi) is 6.50. The first kappa shape index (κ1) is 30.2. The highest BCUT2D eigenvalue weighted by Gasteiger charge is 2.27. The van der Waals surface area contributed by atoms with Crippen molar-refractivity contribution in [3.05, 3.63) is 156 Å². The molecule has 0 radical (unpaired) electrons. The minimum absolute atomic E-state index is 0.0926. The van der Waals surface area contributed by atoms with Gasteiger partial charge in [-0.2, -0.15) is 21.0 Å². The molecule has 0 fully saturated rings. The number of rotatable bonds is 3. The largest absolute Gasteiger partial charge is 0.307 e. The van der Waals surface area contributed by atoms with E-state index in [4.69, 9.17) is 0 Å². The van der Waals surface area contributed by atoms with Crippen LogP contribution in [0.15, 0.2) is 133 Å². The highest BCUT2D eigenvalue weighted by atomic mass is 32.1. The highest BCUT2D eigenvalue weighted by molar-refractivity contribution is 7.26. The van der Waals surface area contributed by atoms with Gasteiger partial charge in [-0.05, 0) is 48.5 Å². The van der Waals surface area contributed by atoms with E-state index in [1.165, 1.54) is 14.8 Å². The van der Waals surface area contributed by atoms with Gasteiger partial charge in [0.05, 0.1) is 55.7 Å². The molecule has 3 heterocycles. The molecule has 7 aromatic carbocycles. The quantitative estimate of drug-likeness (QED) is 0.184. The smallest absolute Gasteiger partial charge is 0.103 e. The van der Waals surface area contributed by atoms with Crippen LogP contribution in [0.1, 0.15) is 22.3 Å². The summed E-state index contributed by atoms with van der Waals surface area (Å²) in [6.07, 6.45) is 0. The zero-order chi connectivity index (χ0) is 35.8. The fraction of sp³-hybridized carbons (Fsp3) is 0. The zero-order valence-electron chi connectivity index (χ0n) is 27.8. The number of aromatic nitrogens is 2. The summed E-state index contributed by atoms with van der Waals surface area (Å²) in [5.74, 6) is 0. The van der Waals surface area contributed by atoms with Crippen LogP contribution in [0.5, 0.6) is 0 Å². The molecule has 0 aliphatic carbocycles. The number of nitrogens with zero attached hydrogens (tertiary/aromatic N) is 6. The predicted molar refractivity (Wildman–Crippen MR) is 212 cm³/mol. The first-order valence-electron chi connectivity index (χ1n) is 16.9. The van der Waals surface area contributed by atoms with E-state index in [-0.39, 0.29) is 16.7 Å². The van der Waals surface area contributed by atoms with Crippen LogP contribution in [0.4, 0.5) is 0 Å². The Morgan fingerprint density at radius 2 is 0.981 bits per heavy atom. The predicted octanol–water partition coefficient (Wildman–Crippen LogP) is 11.4. The molecule has 3 aromatic heterocycles. The highest BCUT2D eigenvalue weighted by Crippen LogP contribution is 2.46. The molecule has 10 rings (SSSR count). The van der Waals surface area contributed by atoms with E-state index in [1.807, 2.05) is 77.4 Å². The molecule has 53 heavy (non-hydrogen) atoms. The minimum atomic E-state index is 0.0926. The molecule has 0 amide bonds. The van der Waals surface area contributed by atoms with Crippen LogP contribution < -0.4 is 0 Å². The number of benzene rings is 7. The molecule has 0 atom stereocenters. The molecule has 6 nitrogen and oxygen atoms in total. The normalized spacial score (nSPS) is 11.3. The number of hydrogen-bond donors (Lipinski definition) is 0. The number of thiophene rings is 1. The van der Waals surface area contributed by atoms with Gasteiger partial charge in [0.1, 0.15) is 24.3 Å². The second-order valence-corrected chi connectivity index (χ2v) is 14.0. The Balaban J connectivity index is 1.34. The van der Waals surface area contributed by atoms with Crippen molar-refractivity contribution in [1.82, 2.24) is 9.13 Å². The van der Waals surface area contributed by atoms with Crippen LogP contribution in [0, 0.1) is 45.3 Å². The fourth-order valence-electron chi connectivity index (χ4n) is 8.20. The summed E-state index contributed by atoms with van der Waals surface area (Å²) in [5, 5.41) is 49.7. The SMILES string of the molecule is N#Cc1cc(-c2cccc(C#N)c2-n2c3ccccc3c3c4c(ccc32)sc2ccccc24)c(C#N)c(C#N)c1-n1c2ccccc2c2ccccc21. The number of nitriles is 4. The third-order valence-corrected chi connectivity index (χ3v) is 11.4. The van der Waals surface area contributed by atoms with Crippen LogP contribution in [-0.2, 0) is 0 Å². The van der Waals surface area contributed by atoms with E-state index in [0.717, 1.165) is 49.0 Å². The molecule has 0 aliphatic heterocycles. The maximum atomic E-state index is 10.9. The van der Waals surface area contributed by atoms with Crippen LogP contribution in [0.2, 0.25) is 0 Å². The topological polar surface area (TPSA) is 105 Å². The lowest BCUT2D eigenvalue weighted by atomic mass is 9.90. The molecule has 7 heteroatoms. The lowest BCUT2D eigenvalue weighted by Crippen LogP contribution is -2.07. The molecule has 0 unspecified atom stereocenters. The average molecular weight is 691 g/mol. The van der Waals surface area contributed by atoms with E-state index in [0.29, 0.717) is 28.1 Å². The summed E-state index contributed by atoms with van der Waals surface area (Å²) >= 11 is 1.75. The zero-order valence-corrected chi connectivity index (χ0v) is 28.6. The van der Waals surface area contributed by atoms with Gasteiger partial charge >= 0.3 is 0 Å². The van der Waals surface area contributed by atoms with Gasteiger partial charge in [0.15, 0.2) is 0 Å². The monoisotopic (exact) mass is 690 g/mol. The maximum absolute atomic E-state index is 10.9. The number of hydrogen-bond acceptors (Lipinski definition) is 5. The van der Waals surface area contributed by atoms with Gasteiger partial charge in [-0.15, -0.1) is 11.3 Å². The molecule has 10 aromatic rings. The average Bonchev–Trinajstić information content (AvgIpc) is 3.87. The van der Waals surface area contributed by atoms with E-state index >= 15 is 0 Å². The Hall–Kier alpha value is -7.68. The third-order valence-electron chi connectivity index (χ3n) is 10.3. The van der Waals surface area contributed by atoms with E-state index in [2.05, 4.69) is 71.3 Å². The first-order chi connectivity index (χ1) is 26.2. The van der Waals surface area contributed by atoms with Crippen molar-refractivity contribution in [3.63, 3.8) is 0 Å². The Labute approximate surface area is 306 Å². The van der Waals surface area contributed by atoms with Crippen molar-refractivity contribution in [3.8, 4) is 46.8 Å². The number of fused-ring (bicyclic) bond motifs is 10. The maximum Gasteiger partial charge on any atom is 0.103 e. The summed E-state index contributed by atoms with van der Waals surface area (Å²) < 4.78 is 6.38. The van der Waals surface area contributed by atoms with Crippen molar-refractivity contribution in [2.45, 2.75) is 0 Å².